The normalized spacial score (nSPS) is 32.6. The minimum atomic E-state index is -0.484. The van der Waals surface area contributed by atoms with Crippen molar-refractivity contribution < 1.29 is 24.0 Å². The van der Waals surface area contributed by atoms with Crippen LogP contribution in [0.5, 0.6) is 0 Å². The van der Waals surface area contributed by atoms with E-state index in [2.05, 4.69) is 111 Å². The van der Waals surface area contributed by atoms with Crippen molar-refractivity contribution in [3.05, 3.63) is 70.8 Å². The number of fused-ring (bicyclic) bond motifs is 4. The van der Waals surface area contributed by atoms with E-state index in [1.165, 1.54) is 5.56 Å². The summed E-state index contributed by atoms with van der Waals surface area (Å²) in [6, 6.07) is 14.7. The number of carbonyl (C=O) groups is 5. The summed E-state index contributed by atoms with van der Waals surface area (Å²) >= 11 is 9.56. The summed E-state index contributed by atoms with van der Waals surface area (Å²) in [5.74, 6) is 0.803. The third-order valence-corrected chi connectivity index (χ3v) is 20.9. The van der Waals surface area contributed by atoms with Gasteiger partial charge in [-0.2, -0.15) is 0 Å². The number of nitrogens with one attached hydrogen (secondary N) is 8. The molecule has 2 aromatic carbocycles. The second-order valence-electron chi connectivity index (χ2n) is 24.0. The van der Waals surface area contributed by atoms with Crippen LogP contribution in [-0.2, 0) is 36.8 Å². The van der Waals surface area contributed by atoms with E-state index in [-0.39, 0.29) is 93.9 Å². The van der Waals surface area contributed by atoms with Gasteiger partial charge in [0.15, 0.2) is 0 Å². The zero-order valence-electron chi connectivity index (χ0n) is 45.3. The van der Waals surface area contributed by atoms with Crippen LogP contribution >= 0.6 is 35.7 Å². The van der Waals surface area contributed by atoms with Crippen LogP contribution in [0.2, 0.25) is 0 Å². The molecule has 8 N–H and O–H groups in total. The van der Waals surface area contributed by atoms with Crippen LogP contribution in [0.15, 0.2) is 48.5 Å². The Kier molecular flexibility index (Phi) is 18.0. The molecule has 0 radical (unpaired) electrons. The van der Waals surface area contributed by atoms with Crippen molar-refractivity contribution >= 4 is 70.3 Å². The number of amides is 5. The van der Waals surface area contributed by atoms with E-state index in [1.807, 2.05) is 54.8 Å². The third-order valence-electron chi connectivity index (χ3n) is 17.8. The maximum Gasteiger partial charge on any atom is 0.238 e. The van der Waals surface area contributed by atoms with Crippen molar-refractivity contribution in [1.82, 2.24) is 52.3 Å². The molecule has 1 saturated carbocycles. The predicted molar refractivity (Wildman–Crippen MR) is 304 cm³/mol. The standard InChI is InChI=1S/C57H84N10O5S3/c1-33(59-7)55(73)63-39-25-27-75-46-29-57(4,5)50(67(46)32-39)54(72)65-48-41-15-11-9-13-35(41)17-23-43(48)52(70)62-37-20-18-36(19-21-37)61-51(69)42-22-16-34-12-8-10-14-40(34)47(42)64-53(71)49-56(2,3)28-45-66(49)31-38(24-26-74-45)60-44(68)30-58-6/h8-15,33,36-39,42-43,45-50,58-59H,16-32H2,1-7H3,(H,60,68)(H,61,69)(H,62,70)(H,63,73)(H,64,71)(H,65,72)/t33-,36-,37-,38-,39-,42+,43+,45-,46-,47-,48-,49+,50+/m0/s1. The first-order chi connectivity index (χ1) is 35.9. The van der Waals surface area contributed by atoms with E-state index in [0.717, 1.165) is 104 Å². The van der Waals surface area contributed by atoms with Crippen LogP contribution in [0.4, 0.5) is 0 Å². The first kappa shape index (κ1) is 56.0. The van der Waals surface area contributed by atoms with Crippen molar-refractivity contribution in [3.8, 4) is 0 Å². The van der Waals surface area contributed by atoms with Gasteiger partial charge in [-0.05, 0) is 143 Å². The zero-order chi connectivity index (χ0) is 53.2. The number of aryl methyl sites for hydroxylation is 2. The van der Waals surface area contributed by atoms with Crippen LogP contribution < -0.4 is 42.5 Å². The van der Waals surface area contributed by atoms with Gasteiger partial charge in [0.25, 0.3) is 0 Å². The minimum absolute atomic E-state index is 0.0258. The number of thioether (sulfide) groups is 2. The Morgan fingerprint density at radius 3 is 1.47 bits per heavy atom. The first-order valence-electron chi connectivity index (χ1n) is 28.0. The Balaban J connectivity index is 0.832. The average Bonchev–Trinajstić information content (AvgIpc) is 3.57. The molecule has 410 valence electrons. The summed E-state index contributed by atoms with van der Waals surface area (Å²) in [5, 5.41) is 27.2. The maximum atomic E-state index is 14.9. The highest BCUT2D eigenvalue weighted by molar-refractivity contribution is 8.00. The second kappa shape index (κ2) is 24.1. The van der Waals surface area contributed by atoms with Gasteiger partial charge in [-0.15, -0.1) is 23.5 Å². The Bertz CT molecular complexity index is 2420. The number of carbonyl (C=O) groups excluding carboxylic acids is 5. The number of nitrogens with zero attached hydrogens (tertiary/aromatic N) is 2. The van der Waals surface area contributed by atoms with Gasteiger partial charge in [0.05, 0.1) is 64.3 Å². The van der Waals surface area contributed by atoms with Gasteiger partial charge in [0, 0.05) is 37.3 Å². The lowest BCUT2D eigenvalue weighted by molar-refractivity contribution is -0.134. The Hall–Kier alpha value is -3.78. The van der Waals surface area contributed by atoms with Crippen molar-refractivity contribution in [2.24, 2.45) is 22.7 Å². The Morgan fingerprint density at radius 2 is 1.03 bits per heavy atom. The molecule has 0 spiro atoms. The van der Waals surface area contributed by atoms with Gasteiger partial charge in [0.1, 0.15) is 0 Å². The van der Waals surface area contributed by atoms with Gasteiger partial charge in [-0.25, -0.2) is 0 Å². The van der Waals surface area contributed by atoms with E-state index >= 15 is 0 Å². The largest absolute Gasteiger partial charge is 0.374 e. The molecule has 3 aliphatic carbocycles. The minimum Gasteiger partial charge on any atom is -0.374 e. The lowest BCUT2D eigenvalue weighted by Gasteiger charge is -2.39. The molecule has 0 unspecified atom stereocenters. The van der Waals surface area contributed by atoms with Crippen molar-refractivity contribution in [2.75, 3.05) is 45.2 Å². The number of hydrogen-bond donors (Lipinski definition) is 8. The molecule has 9 rings (SSSR count). The summed E-state index contributed by atoms with van der Waals surface area (Å²) in [6.07, 6.45) is 9.23. The van der Waals surface area contributed by atoms with Crippen LogP contribution in [0.25, 0.3) is 0 Å². The van der Waals surface area contributed by atoms with Gasteiger partial charge < -0.3 is 42.5 Å². The van der Waals surface area contributed by atoms with Crippen molar-refractivity contribution in [1.29, 1.82) is 0 Å². The predicted octanol–water partition coefficient (Wildman–Crippen LogP) is 5.09. The highest BCUT2D eigenvalue weighted by Crippen LogP contribution is 2.48. The number of rotatable bonds is 14. The fourth-order valence-electron chi connectivity index (χ4n) is 13.8. The Labute approximate surface area is 459 Å². The summed E-state index contributed by atoms with van der Waals surface area (Å²) in [5.41, 5.74) is 3.74. The molecule has 0 bridgehead atoms. The second-order valence-corrected chi connectivity index (χ2v) is 27.1. The number of likely N-dealkylation sites (N-methyl/N-ethyl adjacent to an activating group) is 2. The Morgan fingerprint density at radius 1 is 0.587 bits per heavy atom. The van der Waals surface area contributed by atoms with Gasteiger partial charge in [-0.3, -0.25) is 33.8 Å². The molecular formula is C57H84N10O5S3. The number of benzene rings is 2. The molecule has 4 aliphatic heterocycles. The molecule has 4 saturated heterocycles. The molecule has 18 heteroatoms. The molecule has 5 amide bonds. The van der Waals surface area contributed by atoms with Crippen LogP contribution in [-0.4, -0.2) is 143 Å². The lowest BCUT2D eigenvalue weighted by Crippen LogP contribution is -2.56. The van der Waals surface area contributed by atoms with Crippen molar-refractivity contribution in [3.63, 3.8) is 0 Å². The van der Waals surface area contributed by atoms with Crippen molar-refractivity contribution in [2.45, 2.75) is 177 Å². The van der Waals surface area contributed by atoms with E-state index in [9.17, 15) is 24.0 Å². The average molecular weight is 1090 g/mol. The molecule has 0 aromatic heterocycles. The summed E-state index contributed by atoms with van der Waals surface area (Å²) < 4.78 is 0. The molecule has 4 heterocycles. The van der Waals surface area contributed by atoms with E-state index in [4.69, 9.17) is 12.2 Å². The van der Waals surface area contributed by atoms with E-state index < -0.39 is 30.0 Å². The molecular weight excluding hydrogens is 1000 g/mol. The first-order valence-corrected chi connectivity index (χ1v) is 30.5. The number of thiocarbonyl (C=S) groups is 1. The SMILES string of the molecule is CNCC(=O)N[C@H]1CCS[C@H]2CC(C)(C)[C@@H](C(=O)N[C@H]3c4ccccc4CC[C@H]3C(=O)N[C@H]3CC[C@H](NC(=O)[C@@H]4CCc5ccccc5[C@@H]4NC(=O)[C@H]4N5C[C@@H](NC(=S)[C@H](C)NC)CCS[C@H]5CC4(C)C)CC3)N2C1. The highest BCUT2D eigenvalue weighted by Gasteiger charge is 2.54. The molecule has 2 aromatic rings. The van der Waals surface area contributed by atoms with E-state index in [0.29, 0.717) is 19.4 Å². The molecule has 15 nitrogen and oxygen atoms in total. The van der Waals surface area contributed by atoms with Gasteiger partial charge in [0.2, 0.25) is 29.5 Å². The summed E-state index contributed by atoms with van der Waals surface area (Å²) in [6.45, 7) is 12.4. The fourth-order valence-corrected chi connectivity index (χ4v) is 17.3. The lowest BCUT2D eigenvalue weighted by atomic mass is 9.77. The summed E-state index contributed by atoms with van der Waals surface area (Å²) in [7, 11) is 3.68. The smallest absolute Gasteiger partial charge is 0.238 e. The van der Waals surface area contributed by atoms with Gasteiger partial charge >= 0.3 is 0 Å². The third kappa shape index (κ3) is 12.6. The molecule has 75 heavy (non-hydrogen) atoms. The quantitative estimate of drug-likeness (QED) is 0.117. The highest BCUT2D eigenvalue weighted by atomic mass is 32.2. The fraction of sp³-hybridized carbons (Fsp3) is 0.684. The maximum absolute atomic E-state index is 14.9. The van der Waals surface area contributed by atoms with Gasteiger partial charge in [-0.1, -0.05) is 88.4 Å². The van der Waals surface area contributed by atoms with E-state index in [1.54, 1.807) is 7.05 Å². The topological polar surface area (TPSA) is 188 Å². The van der Waals surface area contributed by atoms with Crippen LogP contribution in [0.1, 0.15) is 133 Å². The molecule has 5 fully saturated rings. The molecule has 7 aliphatic rings. The molecule has 11 atom stereocenters. The monoisotopic (exact) mass is 1080 g/mol. The number of hydrogen-bond acceptors (Lipinski definition) is 12. The summed E-state index contributed by atoms with van der Waals surface area (Å²) in [4.78, 5) is 77.0. The van der Waals surface area contributed by atoms with Crippen LogP contribution in [0.3, 0.4) is 0 Å². The zero-order valence-corrected chi connectivity index (χ0v) is 47.8. The van der Waals surface area contributed by atoms with Crippen LogP contribution in [0, 0.1) is 22.7 Å².